The number of halogens is 4. The van der Waals surface area contributed by atoms with Crippen LogP contribution in [0.5, 0.6) is 11.5 Å². The van der Waals surface area contributed by atoms with Crippen LogP contribution in [0.15, 0.2) is 70.9 Å². The first kappa shape index (κ1) is 19.5. The molecule has 1 aliphatic rings. The SMILES string of the molecule is [2H]C1=C(Oc2ccc(F)cc2OC)C=C(C(F)(F)F)N(c2cccc(S(C)=O)c2)C1. The van der Waals surface area contributed by atoms with Gasteiger partial charge in [0.2, 0.25) is 0 Å². The number of alkyl halides is 3. The minimum atomic E-state index is -4.75. The normalized spacial score (nSPS) is 16.3. The minimum Gasteiger partial charge on any atom is -0.493 e. The monoisotopic (exact) mass is 428 g/mol. The summed E-state index contributed by atoms with van der Waals surface area (Å²) in [6.07, 6.45) is -2.61. The summed E-state index contributed by atoms with van der Waals surface area (Å²) in [6, 6.07) is 8.97. The van der Waals surface area contributed by atoms with Gasteiger partial charge >= 0.3 is 6.18 Å². The molecule has 0 radical (unpaired) electrons. The average molecular weight is 428 g/mol. The Hall–Kier alpha value is -2.81. The highest BCUT2D eigenvalue weighted by Gasteiger charge is 2.40. The molecule has 0 spiro atoms. The Labute approximate surface area is 168 Å². The Morgan fingerprint density at radius 1 is 1.17 bits per heavy atom. The van der Waals surface area contributed by atoms with Crippen LogP contribution in [0.1, 0.15) is 1.37 Å². The third kappa shape index (κ3) is 4.79. The Morgan fingerprint density at radius 3 is 2.59 bits per heavy atom. The van der Waals surface area contributed by atoms with Crippen molar-refractivity contribution in [3.05, 3.63) is 71.9 Å². The lowest BCUT2D eigenvalue weighted by Crippen LogP contribution is -2.34. The second-order valence-corrected chi connectivity index (χ2v) is 7.38. The average Bonchev–Trinajstić information content (AvgIpc) is 2.69. The van der Waals surface area contributed by atoms with Gasteiger partial charge in [0.15, 0.2) is 11.5 Å². The first-order valence-electron chi connectivity index (χ1n) is 8.81. The lowest BCUT2D eigenvalue weighted by Gasteiger charge is -2.31. The first-order valence-corrected chi connectivity index (χ1v) is 9.87. The molecular formula is C20H17F4NO3S. The van der Waals surface area contributed by atoms with Crippen molar-refractivity contribution in [2.75, 3.05) is 24.8 Å². The minimum absolute atomic E-state index is 0.0159. The second kappa shape index (κ2) is 8.28. The van der Waals surface area contributed by atoms with Crippen LogP contribution in [-0.4, -0.2) is 30.3 Å². The Balaban J connectivity index is 2.01. The van der Waals surface area contributed by atoms with Crippen molar-refractivity contribution >= 4 is 16.5 Å². The largest absolute Gasteiger partial charge is 0.493 e. The molecule has 2 aromatic rings. The zero-order valence-corrected chi connectivity index (χ0v) is 16.2. The van der Waals surface area contributed by atoms with Gasteiger partial charge in [-0.2, -0.15) is 13.2 Å². The third-order valence-corrected chi connectivity index (χ3v) is 4.99. The third-order valence-electron chi connectivity index (χ3n) is 4.07. The molecule has 0 aliphatic carbocycles. The summed E-state index contributed by atoms with van der Waals surface area (Å²) < 4.78 is 85.1. The fourth-order valence-corrected chi connectivity index (χ4v) is 3.26. The highest BCUT2D eigenvalue weighted by molar-refractivity contribution is 7.84. The van der Waals surface area contributed by atoms with E-state index in [4.69, 9.17) is 10.8 Å². The van der Waals surface area contributed by atoms with Crippen LogP contribution < -0.4 is 14.4 Å². The lowest BCUT2D eigenvalue weighted by atomic mass is 10.1. The molecule has 0 aromatic heterocycles. The second-order valence-electron chi connectivity index (χ2n) is 6.00. The number of ether oxygens (including phenoxy) is 2. The number of hydrogen-bond donors (Lipinski definition) is 0. The van der Waals surface area contributed by atoms with Crippen molar-refractivity contribution in [2.45, 2.75) is 11.1 Å². The van der Waals surface area contributed by atoms with Crippen molar-refractivity contribution < 1.29 is 32.6 Å². The van der Waals surface area contributed by atoms with Crippen molar-refractivity contribution in [2.24, 2.45) is 0 Å². The molecule has 3 rings (SSSR count). The Morgan fingerprint density at radius 2 is 1.93 bits per heavy atom. The van der Waals surface area contributed by atoms with Crippen molar-refractivity contribution in [3.8, 4) is 11.5 Å². The maximum Gasteiger partial charge on any atom is 0.431 e. The van der Waals surface area contributed by atoms with E-state index >= 15 is 0 Å². The van der Waals surface area contributed by atoms with Gasteiger partial charge < -0.3 is 14.4 Å². The van der Waals surface area contributed by atoms with Crippen LogP contribution in [0.2, 0.25) is 0 Å². The van der Waals surface area contributed by atoms with Crippen LogP contribution in [0, 0.1) is 5.82 Å². The highest BCUT2D eigenvalue weighted by atomic mass is 32.2. The van der Waals surface area contributed by atoms with Crippen LogP contribution in [0.3, 0.4) is 0 Å². The maximum atomic E-state index is 13.8. The summed E-state index contributed by atoms with van der Waals surface area (Å²) in [5.74, 6) is -0.974. The van der Waals surface area contributed by atoms with E-state index in [1.807, 2.05) is 0 Å². The summed E-state index contributed by atoms with van der Waals surface area (Å²) in [5, 5.41) is 0. The zero-order valence-electron chi connectivity index (χ0n) is 16.4. The molecule has 0 saturated carbocycles. The highest BCUT2D eigenvalue weighted by Crippen LogP contribution is 2.37. The molecular weight excluding hydrogens is 410 g/mol. The summed E-state index contributed by atoms with van der Waals surface area (Å²) in [5.41, 5.74) is -0.900. The van der Waals surface area contributed by atoms with Crippen LogP contribution >= 0.6 is 0 Å². The van der Waals surface area contributed by atoms with E-state index in [0.29, 0.717) is 11.0 Å². The van der Waals surface area contributed by atoms with Crippen LogP contribution in [0.4, 0.5) is 23.2 Å². The predicted octanol–water partition coefficient (Wildman–Crippen LogP) is 4.80. The Kier molecular flexibility index (Phi) is 5.57. The zero-order chi connectivity index (χ0) is 22.1. The van der Waals surface area contributed by atoms with E-state index in [1.54, 1.807) is 6.07 Å². The van der Waals surface area contributed by atoms with E-state index in [9.17, 15) is 21.8 Å². The summed E-state index contributed by atoms with van der Waals surface area (Å²) in [6.45, 7) is -0.427. The van der Waals surface area contributed by atoms with Gasteiger partial charge in [-0.3, -0.25) is 4.21 Å². The number of benzene rings is 2. The summed E-state index contributed by atoms with van der Waals surface area (Å²) in [7, 11) is -0.114. The van der Waals surface area contributed by atoms with Gasteiger partial charge in [-0.15, -0.1) is 0 Å². The van der Waals surface area contributed by atoms with Gasteiger partial charge in [-0.1, -0.05) is 6.07 Å². The van der Waals surface area contributed by atoms with E-state index in [2.05, 4.69) is 0 Å². The molecule has 9 heteroatoms. The summed E-state index contributed by atoms with van der Waals surface area (Å²) in [4.78, 5) is 1.27. The number of nitrogens with zero attached hydrogens (tertiary/aromatic N) is 1. The molecule has 4 nitrogen and oxygen atoms in total. The smallest absolute Gasteiger partial charge is 0.431 e. The standard InChI is InChI=1S/C20H17F4NO3S/c1-27-18-10-13(21)6-7-17(18)28-15-8-9-25(19(12-15)20(22,23)24)14-4-3-5-16(11-14)29(2)26/h3-8,10-12H,9H2,1-2H3/i8D. The van der Waals surface area contributed by atoms with Gasteiger partial charge in [0.05, 0.1) is 8.48 Å². The van der Waals surface area contributed by atoms with E-state index in [1.165, 1.54) is 37.6 Å². The molecule has 0 saturated heterocycles. The van der Waals surface area contributed by atoms with E-state index in [-0.39, 0.29) is 29.0 Å². The molecule has 154 valence electrons. The van der Waals surface area contributed by atoms with Crippen LogP contribution in [0.25, 0.3) is 0 Å². The molecule has 2 aromatic carbocycles. The molecule has 1 heterocycles. The quantitative estimate of drug-likeness (QED) is 0.642. The number of anilines is 1. The molecule has 0 amide bonds. The van der Waals surface area contributed by atoms with Gasteiger partial charge in [0.25, 0.3) is 0 Å². The van der Waals surface area contributed by atoms with E-state index in [0.717, 1.165) is 17.0 Å². The van der Waals surface area contributed by atoms with E-state index < -0.39 is 35.0 Å². The van der Waals surface area contributed by atoms with Gasteiger partial charge in [-0.25, -0.2) is 4.39 Å². The summed E-state index contributed by atoms with van der Waals surface area (Å²) >= 11 is 0. The molecule has 29 heavy (non-hydrogen) atoms. The first-order chi connectivity index (χ1) is 14.1. The van der Waals surface area contributed by atoms with Gasteiger partial charge in [0, 0.05) is 46.3 Å². The molecule has 1 unspecified atom stereocenters. The Bertz CT molecular complexity index is 1050. The fraction of sp³-hybridized carbons (Fsp3) is 0.200. The number of allylic oxidation sites excluding steroid dienone is 2. The predicted molar refractivity (Wildman–Crippen MR) is 102 cm³/mol. The number of rotatable bonds is 5. The van der Waals surface area contributed by atoms with Crippen molar-refractivity contribution in [3.63, 3.8) is 0 Å². The molecule has 1 atom stereocenters. The van der Waals surface area contributed by atoms with Gasteiger partial charge in [-0.05, 0) is 36.4 Å². The molecule has 1 aliphatic heterocycles. The molecule has 0 bridgehead atoms. The van der Waals surface area contributed by atoms with Crippen molar-refractivity contribution in [1.82, 2.24) is 0 Å². The maximum absolute atomic E-state index is 13.8. The van der Waals surface area contributed by atoms with Gasteiger partial charge in [0.1, 0.15) is 17.3 Å². The van der Waals surface area contributed by atoms with Crippen molar-refractivity contribution in [1.29, 1.82) is 0 Å². The number of methoxy groups -OCH3 is 1. The lowest BCUT2D eigenvalue weighted by molar-refractivity contribution is -0.0936. The van der Waals surface area contributed by atoms with Crippen LogP contribution in [-0.2, 0) is 10.8 Å². The fourth-order valence-electron chi connectivity index (χ4n) is 2.70. The molecule has 0 N–H and O–H groups in total. The molecule has 0 fully saturated rings. The topological polar surface area (TPSA) is 38.8 Å². The number of hydrogen-bond acceptors (Lipinski definition) is 4.